The Morgan fingerprint density at radius 3 is 2.33 bits per heavy atom. The number of nitrogens with one attached hydrogen (secondary N) is 1. The van der Waals surface area contributed by atoms with Crippen molar-refractivity contribution in [3.63, 3.8) is 0 Å². The second-order valence-corrected chi connectivity index (χ2v) is 9.50. The van der Waals surface area contributed by atoms with Crippen LogP contribution in [0.2, 0.25) is 0 Å². The molecule has 3 aromatic carbocycles. The Morgan fingerprint density at radius 1 is 0.879 bits per heavy atom. The largest absolute Gasteiger partial charge is 0.335 e. The van der Waals surface area contributed by atoms with Crippen LogP contribution in [-0.4, -0.2) is 17.8 Å². The number of barbiturate groups is 1. The molecule has 0 bridgehead atoms. The second-order valence-electron chi connectivity index (χ2n) is 7.80. The molecule has 1 heterocycles. The monoisotopic (exact) mass is 566 g/mol. The molecule has 1 fully saturated rings. The van der Waals surface area contributed by atoms with Crippen molar-refractivity contribution in [2.24, 2.45) is 0 Å². The van der Waals surface area contributed by atoms with Crippen LogP contribution in [0.4, 0.5) is 10.5 Å². The molecule has 5 nitrogen and oxygen atoms in total. The molecule has 7 heteroatoms. The summed E-state index contributed by atoms with van der Waals surface area (Å²) in [5.41, 5.74) is 4.99. The van der Waals surface area contributed by atoms with Gasteiger partial charge in [-0.05, 0) is 72.4 Å². The van der Waals surface area contributed by atoms with Crippen molar-refractivity contribution in [2.45, 2.75) is 20.3 Å². The summed E-state index contributed by atoms with van der Waals surface area (Å²) in [7, 11) is 0. The summed E-state index contributed by atoms with van der Waals surface area (Å²) < 4.78 is 1.89. The Hall–Kier alpha value is -3.03. The van der Waals surface area contributed by atoms with Gasteiger partial charge >= 0.3 is 6.03 Å². The number of urea groups is 1. The Kier molecular flexibility index (Phi) is 6.63. The number of nitrogens with zero attached hydrogens (tertiary/aromatic N) is 1. The molecule has 1 aliphatic rings. The van der Waals surface area contributed by atoms with Crippen LogP contribution < -0.4 is 10.2 Å². The van der Waals surface area contributed by atoms with Gasteiger partial charge in [0.25, 0.3) is 11.8 Å². The van der Waals surface area contributed by atoms with Gasteiger partial charge < -0.3 is 0 Å². The molecule has 166 valence electrons. The van der Waals surface area contributed by atoms with Crippen molar-refractivity contribution in [3.05, 3.63) is 103 Å². The predicted molar refractivity (Wildman–Crippen MR) is 136 cm³/mol. The number of carbonyl (C=O) groups is 3. The number of carbonyl (C=O) groups excluding carboxylic acids is 3. The maximum Gasteiger partial charge on any atom is 0.335 e. The zero-order valence-electron chi connectivity index (χ0n) is 18.0. The van der Waals surface area contributed by atoms with Crippen molar-refractivity contribution in [2.75, 3.05) is 4.90 Å². The van der Waals surface area contributed by atoms with E-state index in [0.717, 1.165) is 36.1 Å². The van der Waals surface area contributed by atoms with Gasteiger partial charge in [-0.1, -0.05) is 74.3 Å². The third-order valence-corrected chi connectivity index (χ3v) is 7.16. The number of halogens is 2. The first-order chi connectivity index (χ1) is 15.8. The number of aryl methyl sites for hydroxylation is 1. The Labute approximate surface area is 208 Å². The molecule has 0 saturated carbocycles. The summed E-state index contributed by atoms with van der Waals surface area (Å²) in [6, 6.07) is 18.3. The van der Waals surface area contributed by atoms with E-state index in [1.165, 1.54) is 6.08 Å². The maximum atomic E-state index is 13.2. The topological polar surface area (TPSA) is 66.5 Å². The average molecular weight is 568 g/mol. The normalized spacial score (nSPS) is 15.2. The lowest BCUT2D eigenvalue weighted by atomic mass is 10.0. The quantitative estimate of drug-likeness (QED) is 0.306. The van der Waals surface area contributed by atoms with Gasteiger partial charge in [0.1, 0.15) is 5.57 Å². The van der Waals surface area contributed by atoms with E-state index in [4.69, 9.17) is 0 Å². The van der Waals surface area contributed by atoms with Crippen molar-refractivity contribution < 1.29 is 14.4 Å². The van der Waals surface area contributed by atoms with Gasteiger partial charge in [-0.15, -0.1) is 0 Å². The van der Waals surface area contributed by atoms with Gasteiger partial charge in [0.15, 0.2) is 0 Å². The van der Waals surface area contributed by atoms with Crippen molar-refractivity contribution in [1.29, 1.82) is 0 Å². The summed E-state index contributed by atoms with van der Waals surface area (Å²) in [6.07, 6.45) is 2.22. The SMILES string of the molecule is Cc1cccc(N2C(=O)NC(=O)/C(=C\c3ccc(Cc4ccccc4Br)c(Br)c3)C2=O)c1C. The van der Waals surface area contributed by atoms with E-state index in [2.05, 4.69) is 43.2 Å². The van der Waals surface area contributed by atoms with Gasteiger partial charge in [-0.2, -0.15) is 0 Å². The van der Waals surface area contributed by atoms with Gasteiger partial charge in [-0.25, -0.2) is 9.69 Å². The summed E-state index contributed by atoms with van der Waals surface area (Å²) in [6.45, 7) is 3.74. The van der Waals surface area contributed by atoms with Crippen LogP contribution in [0.1, 0.15) is 27.8 Å². The highest BCUT2D eigenvalue weighted by Crippen LogP contribution is 2.29. The van der Waals surface area contributed by atoms with Gasteiger partial charge in [0, 0.05) is 8.95 Å². The van der Waals surface area contributed by atoms with E-state index in [9.17, 15) is 14.4 Å². The number of benzene rings is 3. The highest BCUT2D eigenvalue weighted by molar-refractivity contribution is 9.10. The Balaban J connectivity index is 1.66. The minimum absolute atomic E-state index is 0.0963. The van der Waals surface area contributed by atoms with Gasteiger partial charge in [0.2, 0.25) is 0 Å². The number of amides is 4. The number of imide groups is 2. The van der Waals surface area contributed by atoms with Crippen molar-refractivity contribution in [1.82, 2.24) is 5.32 Å². The van der Waals surface area contributed by atoms with E-state index < -0.39 is 17.8 Å². The van der Waals surface area contributed by atoms with Crippen LogP contribution in [-0.2, 0) is 16.0 Å². The maximum absolute atomic E-state index is 13.2. The number of hydrogen-bond acceptors (Lipinski definition) is 3. The first-order valence-corrected chi connectivity index (χ1v) is 11.8. The molecule has 0 unspecified atom stereocenters. The molecule has 0 aliphatic carbocycles. The minimum atomic E-state index is -0.749. The molecule has 0 radical (unpaired) electrons. The van der Waals surface area contributed by atoms with Gasteiger partial charge in [-0.3, -0.25) is 14.9 Å². The van der Waals surface area contributed by atoms with Crippen molar-refractivity contribution >= 4 is 61.5 Å². The summed E-state index contributed by atoms with van der Waals surface area (Å²) in [5, 5.41) is 2.28. The highest BCUT2D eigenvalue weighted by atomic mass is 79.9. The smallest absolute Gasteiger partial charge is 0.273 e. The third-order valence-electron chi connectivity index (χ3n) is 5.65. The molecule has 0 aromatic heterocycles. The molecule has 0 spiro atoms. The summed E-state index contributed by atoms with van der Waals surface area (Å²) in [4.78, 5) is 39.2. The first-order valence-electron chi connectivity index (χ1n) is 10.3. The Morgan fingerprint density at radius 2 is 1.61 bits per heavy atom. The Bertz CT molecular complexity index is 1330. The molecule has 4 rings (SSSR count). The van der Waals surface area contributed by atoms with Crippen LogP contribution >= 0.6 is 31.9 Å². The molecule has 33 heavy (non-hydrogen) atoms. The van der Waals surface area contributed by atoms with Crippen LogP contribution in [0.3, 0.4) is 0 Å². The fourth-order valence-corrected chi connectivity index (χ4v) is 4.63. The fraction of sp³-hybridized carbons (Fsp3) is 0.115. The van der Waals surface area contributed by atoms with Crippen LogP contribution in [0.15, 0.2) is 75.2 Å². The van der Waals surface area contributed by atoms with Crippen LogP contribution in [0.25, 0.3) is 6.08 Å². The number of rotatable bonds is 4. The van der Waals surface area contributed by atoms with Crippen LogP contribution in [0, 0.1) is 13.8 Å². The first kappa shape index (κ1) is 23.1. The molecule has 3 aromatic rings. The summed E-state index contributed by atoms with van der Waals surface area (Å²) in [5.74, 6) is -1.36. The lowest BCUT2D eigenvalue weighted by Gasteiger charge is -2.28. The third kappa shape index (κ3) is 4.70. The zero-order valence-corrected chi connectivity index (χ0v) is 21.2. The summed E-state index contributed by atoms with van der Waals surface area (Å²) >= 11 is 7.18. The van der Waals surface area contributed by atoms with E-state index in [1.54, 1.807) is 12.1 Å². The zero-order chi connectivity index (χ0) is 23.7. The predicted octanol–water partition coefficient (Wildman–Crippen LogP) is 6.09. The van der Waals surface area contributed by atoms with Gasteiger partial charge in [0.05, 0.1) is 5.69 Å². The lowest BCUT2D eigenvalue weighted by Crippen LogP contribution is -2.54. The fourth-order valence-electron chi connectivity index (χ4n) is 3.66. The standard InChI is InChI=1S/C26H20Br2N2O3/c1-15-6-5-9-23(16(15)2)30-25(32)20(24(31)29-26(30)33)12-17-10-11-19(22(28)13-17)14-18-7-3-4-8-21(18)27/h3-13H,14H2,1-2H3,(H,29,31,33)/b20-12+. The number of hydrogen-bond donors (Lipinski definition) is 1. The molecular weight excluding hydrogens is 548 g/mol. The molecule has 1 saturated heterocycles. The van der Waals surface area contributed by atoms with Crippen molar-refractivity contribution in [3.8, 4) is 0 Å². The average Bonchev–Trinajstić information content (AvgIpc) is 2.77. The molecule has 0 atom stereocenters. The molecular formula is C26H20Br2N2O3. The van der Waals surface area contributed by atoms with E-state index in [1.807, 2.05) is 56.3 Å². The second kappa shape index (κ2) is 9.45. The van der Waals surface area contributed by atoms with E-state index in [-0.39, 0.29) is 5.57 Å². The minimum Gasteiger partial charge on any atom is -0.273 e. The molecule has 1 aliphatic heterocycles. The highest BCUT2D eigenvalue weighted by Gasteiger charge is 2.37. The number of anilines is 1. The molecule has 4 amide bonds. The van der Waals surface area contributed by atoms with E-state index in [0.29, 0.717) is 17.7 Å². The van der Waals surface area contributed by atoms with E-state index >= 15 is 0 Å². The molecule has 1 N–H and O–H groups in total. The lowest BCUT2D eigenvalue weighted by molar-refractivity contribution is -0.122. The van der Waals surface area contributed by atoms with Crippen LogP contribution in [0.5, 0.6) is 0 Å².